The molecule has 0 amide bonds. The number of nitrogens with two attached hydrogens (primary N) is 1. The van der Waals surface area contributed by atoms with Crippen LogP contribution in [0.5, 0.6) is 0 Å². The topological polar surface area (TPSA) is 124 Å². The fourth-order valence-corrected chi connectivity index (χ4v) is 3.77. The van der Waals surface area contributed by atoms with Crippen LogP contribution in [0.15, 0.2) is 49.3 Å². The molecule has 1 aromatic carbocycles. The molecule has 0 saturated carbocycles. The van der Waals surface area contributed by atoms with E-state index in [1.165, 1.54) is 34.0 Å². The quantitative estimate of drug-likeness (QED) is 0.374. The Bertz CT molecular complexity index is 1650. The third-order valence-corrected chi connectivity index (χ3v) is 5.30. The van der Waals surface area contributed by atoms with E-state index in [1.807, 2.05) is 6.07 Å². The van der Waals surface area contributed by atoms with Gasteiger partial charge in [0.2, 0.25) is 5.82 Å². The molecular formula is C22H12F5N9. The summed E-state index contributed by atoms with van der Waals surface area (Å²) in [5.74, 6) is -2.90. The molecule has 5 aromatic rings. The van der Waals surface area contributed by atoms with E-state index >= 15 is 0 Å². The van der Waals surface area contributed by atoms with E-state index in [2.05, 4.69) is 25.0 Å². The number of hydrogen-bond acceptors (Lipinski definition) is 7. The van der Waals surface area contributed by atoms with Crippen molar-refractivity contribution in [3.63, 3.8) is 0 Å². The predicted molar refractivity (Wildman–Crippen MR) is 115 cm³/mol. The number of aromatic nitrogens is 7. The Morgan fingerprint density at radius 3 is 2.44 bits per heavy atom. The first-order valence-corrected chi connectivity index (χ1v) is 10.1. The van der Waals surface area contributed by atoms with Gasteiger partial charge in [0.1, 0.15) is 41.1 Å². The van der Waals surface area contributed by atoms with Crippen molar-refractivity contribution in [2.24, 2.45) is 0 Å². The maximum Gasteiger partial charge on any atom is 0.451 e. The number of nitrogens with zero attached hydrogens (tertiary/aromatic N) is 8. The highest BCUT2D eigenvalue weighted by Crippen LogP contribution is 2.37. The SMILES string of the molecule is N#Cc1c(-c2cnc(C(F)(F)F)nc2)c2c(N)ncnc2n1Cc1cnn(-c2ccc(F)cc2F)c1. The van der Waals surface area contributed by atoms with Crippen molar-refractivity contribution in [2.45, 2.75) is 12.7 Å². The van der Waals surface area contributed by atoms with E-state index in [9.17, 15) is 27.2 Å². The molecule has 0 aliphatic heterocycles. The van der Waals surface area contributed by atoms with Crippen LogP contribution in [0.25, 0.3) is 27.8 Å². The highest BCUT2D eigenvalue weighted by Gasteiger charge is 2.34. The Balaban J connectivity index is 1.62. The molecule has 2 N–H and O–H groups in total. The number of anilines is 1. The van der Waals surface area contributed by atoms with Gasteiger partial charge in [0, 0.05) is 41.3 Å². The molecule has 0 bridgehead atoms. The lowest BCUT2D eigenvalue weighted by Crippen LogP contribution is -2.10. The van der Waals surface area contributed by atoms with Crippen LogP contribution in [-0.2, 0) is 12.7 Å². The first-order valence-electron chi connectivity index (χ1n) is 10.1. The van der Waals surface area contributed by atoms with Gasteiger partial charge in [0.05, 0.1) is 18.1 Å². The Hall–Kier alpha value is -4.93. The van der Waals surface area contributed by atoms with Crippen LogP contribution in [0.4, 0.5) is 27.8 Å². The molecule has 4 aromatic heterocycles. The Morgan fingerprint density at radius 2 is 1.78 bits per heavy atom. The second-order valence-corrected chi connectivity index (χ2v) is 7.56. The molecule has 0 aliphatic rings. The molecule has 36 heavy (non-hydrogen) atoms. The van der Waals surface area contributed by atoms with E-state index in [-0.39, 0.29) is 45.9 Å². The predicted octanol–water partition coefficient (Wildman–Crippen LogP) is 3.87. The lowest BCUT2D eigenvalue weighted by molar-refractivity contribution is -0.144. The van der Waals surface area contributed by atoms with Gasteiger partial charge in [-0.05, 0) is 12.1 Å². The molecule has 14 heteroatoms. The smallest absolute Gasteiger partial charge is 0.383 e. The third kappa shape index (κ3) is 3.86. The van der Waals surface area contributed by atoms with Gasteiger partial charge in [-0.2, -0.15) is 23.5 Å². The summed E-state index contributed by atoms with van der Waals surface area (Å²) in [7, 11) is 0. The number of halogens is 5. The lowest BCUT2D eigenvalue weighted by atomic mass is 10.1. The Labute approximate surface area is 198 Å². The summed E-state index contributed by atoms with van der Waals surface area (Å²) in [6.07, 6.45) is 1.22. The van der Waals surface area contributed by atoms with Crippen molar-refractivity contribution in [1.29, 1.82) is 5.26 Å². The maximum absolute atomic E-state index is 14.2. The van der Waals surface area contributed by atoms with Crippen LogP contribution in [-0.4, -0.2) is 34.3 Å². The molecule has 0 unspecified atom stereocenters. The molecule has 4 heterocycles. The lowest BCUT2D eigenvalue weighted by Gasteiger charge is -2.06. The summed E-state index contributed by atoms with van der Waals surface area (Å²) in [6, 6.07) is 5.07. The zero-order valence-electron chi connectivity index (χ0n) is 17.9. The number of nitrogen functional groups attached to an aromatic ring is 1. The second kappa shape index (κ2) is 8.38. The van der Waals surface area contributed by atoms with Crippen molar-refractivity contribution in [2.75, 3.05) is 5.73 Å². The second-order valence-electron chi connectivity index (χ2n) is 7.56. The van der Waals surface area contributed by atoms with Crippen molar-refractivity contribution in [3.8, 4) is 22.9 Å². The third-order valence-electron chi connectivity index (χ3n) is 5.30. The average Bonchev–Trinajstić information content (AvgIpc) is 3.42. The van der Waals surface area contributed by atoms with Crippen LogP contribution in [0, 0.1) is 23.0 Å². The summed E-state index contributed by atoms with van der Waals surface area (Å²) < 4.78 is 68.9. The molecule has 0 spiro atoms. The van der Waals surface area contributed by atoms with Crippen molar-refractivity contribution in [1.82, 2.24) is 34.3 Å². The molecule has 180 valence electrons. The first kappa shape index (κ1) is 22.8. The Kier molecular flexibility index (Phi) is 5.32. The summed E-state index contributed by atoms with van der Waals surface area (Å²) >= 11 is 0. The normalized spacial score (nSPS) is 11.7. The average molecular weight is 497 g/mol. The summed E-state index contributed by atoms with van der Waals surface area (Å²) in [5.41, 5.74) is 7.09. The van der Waals surface area contributed by atoms with Gasteiger partial charge in [-0.1, -0.05) is 0 Å². The summed E-state index contributed by atoms with van der Waals surface area (Å²) in [6.45, 7) is 0.0140. The number of hydrogen-bond donors (Lipinski definition) is 1. The number of rotatable bonds is 4. The fraction of sp³-hybridized carbons (Fsp3) is 0.0909. The van der Waals surface area contributed by atoms with Crippen LogP contribution < -0.4 is 5.73 Å². The molecule has 0 fully saturated rings. The Morgan fingerprint density at radius 1 is 1.03 bits per heavy atom. The van der Waals surface area contributed by atoms with Crippen molar-refractivity contribution < 1.29 is 22.0 Å². The van der Waals surface area contributed by atoms with Crippen LogP contribution in [0.1, 0.15) is 17.1 Å². The first-order chi connectivity index (χ1) is 17.2. The van der Waals surface area contributed by atoms with Gasteiger partial charge in [-0.15, -0.1) is 0 Å². The highest BCUT2D eigenvalue weighted by molar-refractivity contribution is 6.03. The molecule has 5 rings (SSSR count). The molecule has 9 nitrogen and oxygen atoms in total. The van der Waals surface area contributed by atoms with E-state index < -0.39 is 23.6 Å². The minimum absolute atomic E-state index is 0.00535. The molecule has 0 aliphatic carbocycles. The molecule has 0 atom stereocenters. The number of alkyl halides is 3. The minimum Gasteiger partial charge on any atom is -0.383 e. The summed E-state index contributed by atoms with van der Waals surface area (Å²) in [4.78, 5) is 14.9. The van der Waals surface area contributed by atoms with Crippen LogP contribution in [0.2, 0.25) is 0 Å². The molecule has 0 saturated heterocycles. The van der Waals surface area contributed by atoms with E-state index in [4.69, 9.17) is 5.73 Å². The molecular weight excluding hydrogens is 485 g/mol. The van der Waals surface area contributed by atoms with Gasteiger partial charge < -0.3 is 10.3 Å². The van der Waals surface area contributed by atoms with E-state index in [0.717, 1.165) is 24.5 Å². The van der Waals surface area contributed by atoms with Crippen LogP contribution >= 0.6 is 0 Å². The number of fused-ring (bicyclic) bond motifs is 1. The van der Waals surface area contributed by atoms with Gasteiger partial charge in [0.15, 0.2) is 5.82 Å². The monoisotopic (exact) mass is 497 g/mol. The molecule has 0 radical (unpaired) electrons. The largest absolute Gasteiger partial charge is 0.451 e. The van der Waals surface area contributed by atoms with Gasteiger partial charge in [0.25, 0.3) is 0 Å². The van der Waals surface area contributed by atoms with E-state index in [0.29, 0.717) is 5.56 Å². The van der Waals surface area contributed by atoms with E-state index in [1.54, 1.807) is 0 Å². The zero-order chi connectivity index (χ0) is 25.6. The van der Waals surface area contributed by atoms with Crippen molar-refractivity contribution in [3.05, 3.63) is 78.0 Å². The van der Waals surface area contributed by atoms with Gasteiger partial charge in [-0.25, -0.2) is 33.4 Å². The van der Waals surface area contributed by atoms with Crippen LogP contribution in [0.3, 0.4) is 0 Å². The highest BCUT2D eigenvalue weighted by atomic mass is 19.4. The summed E-state index contributed by atoms with van der Waals surface area (Å²) in [5, 5.41) is 14.3. The zero-order valence-corrected chi connectivity index (χ0v) is 17.9. The fourth-order valence-electron chi connectivity index (χ4n) is 3.77. The van der Waals surface area contributed by atoms with Crippen molar-refractivity contribution >= 4 is 16.9 Å². The van der Waals surface area contributed by atoms with Gasteiger partial charge >= 0.3 is 6.18 Å². The standard InChI is InChI=1S/C22H12F5N9/c23-13-1-2-15(14(24)3-13)36-9-11(5-34-36)8-35-16(4-28)17(18-19(29)32-10-33-20(18)35)12-6-30-21(31-7-12)22(25,26)27/h1-3,5-7,9-10H,8H2,(H2,29,32,33). The maximum atomic E-state index is 14.2. The van der Waals surface area contributed by atoms with Gasteiger partial charge in [-0.3, -0.25) is 0 Å². The minimum atomic E-state index is -4.74. The number of benzene rings is 1. The number of nitriles is 1.